The van der Waals surface area contributed by atoms with Crippen LogP contribution in [-0.2, 0) is 13.1 Å². The van der Waals surface area contributed by atoms with Gasteiger partial charge in [-0.1, -0.05) is 11.6 Å². The summed E-state index contributed by atoms with van der Waals surface area (Å²) in [5, 5.41) is 12.7. The molecule has 164 valence electrons. The van der Waals surface area contributed by atoms with Crippen LogP contribution in [0.25, 0.3) is 11.3 Å². The number of rotatable bonds is 6. The van der Waals surface area contributed by atoms with Gasteiger partial charge in [0.25, 0.3) is 0 Å². The number of nitrogens with two attached hydrogens (primary N) is 1. The summed E-state index contributed by atoms with van der Waals surface area (Å²) in [4.78, 5) is 23.4. The zero-order chi connectivity index (χ0) is 21.8. The van der Waals surface area contributed by atoms with Gasteiger partial charge in [-0.15, -0.1) is 0 Å². The van der Waals surface area contributed by atoms with E-state index < -0.39 is 0 Å². The van der Waals surface area contributed by atoms with Crippen LogP contribution in [0.2, 0.25) is 5.02 Å². The monoisotopic (exact) mass is 507 g/mol. The van der Waals surface area contributed by atoms with Crippen molar-refractivity contribution in [3.63, 3.8) is 0 Å². The molecule has 31 heavy (non-hydrogen) atoms. The number of aliphatic hydroxyl groups is 1. The summed E-state index contributed by atoms with van der Waals surface area (Å²) < 4.78 is 6.47. The van der Waals surface area contributed by atoms with Gasteiger partial charge in [-0.3, -0.25) is 0 Å². The number of aliphatic hydroxyl groups excluding tert-OH is 1. The number of benzene rings is 1. The maximum absolute atomic E-state index is 12.9. The molecular formula is C21H23BrClN5O3. The van der Waals surface area contributed by atoms with E-state index in [0.717, 1.165) is 36.4 Å². The average Bonchev–Trinajstić information content (AvgIpc) is 3.09. The fourth-order valence-electron chi connectivity index (χ4n) is 4.65. The summed E-state index contributed by atoms with van der Waals surface area (Å²) in [5.74, 6) is 1.52. The number of hydrogen-bond acceptors (Lipinski definition) is 6. The summed E-state index contributed by atoms with van der Waals surface area (Å²) in [6, 6.07) is 3.48. The van der Waals surface area contributed by atoms with E-state index in [1.54, 1.807) is 17.0 Å². The summed E-state index contributed by atoms with van der Waals surface area (Å²) in [6.45, 7) is 1.20. The third-order valence-corrected chi connectivity index (χ3v) is 7.27. The Kier molecular flexibility index (Phi) is 5.22. The summed E-state index contributed by atoms with van der Waals surface area (Å²) >= 11 is 10.0. The zero-order valence-corrected chi connectivity index (χ0v) is 19.2. The van der Waals surface area contributed by atoms with E-state index in [4.69, 9.17) is 27.2 Å². The van der Waals surface area contributed by atoms with Crippen molar-refractivity contribution in [3.8, 4) is 17.0 Å². The molecule has 8 nitrogen and oxygen atoms in total. The van der Waals surface area contributed by atoms with Crippen molar-refractivity contribution >= 4 is 39.5 Å². The van der Waals surface area contributed by atoms with Gasteiger partial charge in [-0.2, -0.15) is 0 Å². The van der Waals surface area contributed by atoms with Crippen molar-refractivity contribution in [2.75, 3.05) is 18.9 Å². The minimum atomic E-state index is -0.0735. The van der Waals surface area contributed by atoms with Crippen LogP contribution in [0, 0.1) is 5.92 Å². The molecule has 2 bridgehead atoms. The summed E-state index contributed by atoms with van der Waals surface area (Å²) in [5.41, 5.74) is 8.85. The Bertz CT molecular complexity index is 1050. The topological polar surface area (TPSA) is 114 Å². The number of ether oxygens (including phenoxy) is 1. The molecule has 3 aliphatic carbocycles. The Hall–Kier alpha value is -2.10. The second-order valence-electron chi connectivity index (χ2n) is 8.59. The number of hydrogen-bond donors (Lipinski definition) is 3. The van der Waals surface area contributed by atoms with Gasteiger partial charge in [0.05, 0.1) is 40.6 Å². The maximum atomic E-state index is 12.9. The van der Waals surface area contributed by atoms with Gasteiger partial charge in [0.1, 0.15) is 5.75 Å². The number of anilines is 1. The van der Waals surface area contributed by atoms with Gasteiger partial charge in [-0.25, -0.2) is 14.8 Å². The SMILES string of the molecule is Nc1nc2c(c(-c3cc(OCCCO)c(Br)cc3Cl)n1)CN(C(=O)NC13CC(C1)C3)C2. The lowest BCUT2D eigenvalue weighted by Crippen LogP contribution is -2.69. The molecule has 1 aromatic carbocycles. The lowest BCUT2D eigenvalue weighted by atomic mass is 9.50. The quantitative estimate of drug-likeness (QED) is 0.515. The first-order chi connectivity index (χ1) is 14.9. The molecule has 0 spiro atoms. The van der Waals surface area contributed by atoms with Crippen molar-refractivity contribution in [1.29, 1.82) is 0 Å². The lowest BCUT2D eigenvalue weighted by molar-refractivity contribution is -0.0434. The molecule has 2 heterocycles. The van der Waals surface area contributed by atoms with E-state index in [1.165, 1.54) is 0 Å². The van der Waals surface area contributed by atoms with Crippen LogP contribution in [-0.4, -0.2) is 44.8 Å². The average molecular weight is 509 g/mol. The largest absolute Gasteiger partial charge is 0.492 e. The molecule has 0 radical (unpaired) electrons. The Morgan fingerprint density at radius 2 is 2.13 bits per heavy atom. The van der Waals surface area contributed by atoms with Crippen LogP contribution < -0.4 is 15.8 Å². The van der Waals surface area contributed by atoms with Crippen molar-refractivity contribution in [2.45, 2.75) is 44.3 Å². The number of carbonyl (C=O) groups is 1. The summed E-state index contributed by atoms with van der Waals surface area (Å²) in [6.07, 6.45) is 3.79. The number of nitrogen functional groups attached to an aromatic ring is 1. The van der Waals surface area contributed by atoms with Gasteiger partial charge < -0.3 is 25.8 Å². The molecule has 0 saturated heterocycles. The number of amides is 2. The van der Waals surface area contributed by atoms with Gasteiger partial charge in [0.15, 0.2) is 0 Å². The highest BCUT2D eigenvalue weighted by molar-refractivity contribution is 9.10. The molecule has 10 heteroatoms. The van der Waals surface area contributed by atoms with E-state index in [2.05, 4.69) is 31.2 Å². The zero-order valence-electron chi connectivity index (χ0n) is 16.8. The molecule has 0 atom stereocenters. The molecule has 6 rings (SSSR count). The number of nitrogens with zero attached hydrogens (tertiary/aromatic N) is 3. The highest BCUT2D eigenvalue weighted by Crippen LogP contribution is 2.57. The van der Waals surface area contributed by atoms with E-state index in [-0.39, 0.29) is 24.1 Å². The van der Waals surface area contributed by atoms with Crippen LogP contribution in [0.3, 0.4) is 0 Å². The number of carbonyl (C=O) groups excluding carboxylic acids is 1. The second kappa shape index (κ2) is 7.79. The van der Waals surface area contributed by atoms with Gasteiger partial charge in [0, 0.05) is 29.7 Å². The smallest absolute Gasteiger partial charge is 0.318 e. The Morgan fingerprint density at radius 1 is 1.35 bits per heavy atom. The van der Waals surface area contributed by atoms with Crippen LogP contribution in [0.1, 0.15) is 36.9 Å². The van der Waals surface area contributed by atoms with Crippen LogP contribution in [0.5, 0.6) is 5.75 Å². The molecule has 3 fully saturated rings. The fourth-order valence-corrected chi connectivity index (χ4v) is 5.49. The molecule has 2 aromatic rings. The van der Waals surface area contributed by atoms with E-state index >= 15 is 0 Å². The first kappa shape index (κ1) is 20.8. The number of fused-ring (bicyclic) bond motifs is 1. The molecule has 1 aromatic heterocycles. The van der Waals surface area contributed by atoms with E-state index in [0.29, 0.717) is 52.6 Å². The standard InChI is InChI=1S/C21H23BrClN5O3/c22-14-5-15(23)12(4-17(14)31-3-1-2-29)18-13-9-28(10-16(13)25-19(24)26-18)20(30)27-21-6-11(7-21)8-21/h4-5,11,29H,1-3,6-10H2,(H,27,30)(H2,24,25,26). The first-order valence-corrected chi connectivity index (χ1v) is 11.5. The number of aromatic nitrogens is 2. The van der Waals surface area contributed by atoms with Crippen molar-refractivity contribution < 1.29 is 14.6 Å². The minimum Gasteiger partial charge on any atom is -0.492 e. The molecule has 3 saturated carbocycles. The Labute approximate surface area is 193 Å². The molecule has 1 aliphatic heterocycles. The Balaban J connectivity index is 1.43. The first-order valence-electron chi connectivity index (χ1n) is 10.3. The van der Waals surface area contributed by atoms with Gasteiger partial charge in [0.2, 0.25) is 5.95 Å². The molecule has 2 amide bonds. The second-order valence-corrected chi connectivity index (χ2v) is 9.85. The maximum Gasteiger partial charge on any atom is 0.318 e. The predicted molar refractivity (Wildman–Crippen MR) is 120 cm³/mol. The fraction of sp³-hybridized carbons (Fsp3) is 0.476. The van der Waals surface area contributed by atoms with Crippen molar-refractivity contribution in [2.24, 2.45) is 5.92 Å². The predicted octanol–water partition coefficient (Wildman–Crippen LogP) is 3.48. The Morgan fingerprint density at radius 3 is 2.81 bits per heavy atom. The van der Waals surface area contributed by atoms with Gasteiger partial charge in [-0.05, 0) is 53.2 Å². The number of nitrogens with one attached hydrogen (secondary N) is 1. The van der Waals surface area contributed by atoms with Crippen molar-refractivity contribution in [3.05, 3.63) is 32.9 Å². The lowest BCUT2D eigenvalue weighted by Gasteiger charge is -2.61. The highest BCUT2D eigenvalue weighted by atomic mass is 79.9. The third-order valence-electron chi connectivity index (χ3n) is 6.33. The molecule has 0 unspecified atom stereocenters. The van der Waals surface area contributed by atoms with E-state index in [1.807, 2.05) is 0 Å². The van der Waals surface area contributed by atoms with Crippen molar-refractivity contribution in [1.82, 2.24) is 20.2 Å². The van der Waals surface area contributed by atoms with Crippen LogP contribution in [0.15, 0.2) is 16.6 Å². The number of urea groups is 1. The van der Waals surface area contributed by atoms with Crippen LogP contribution in [0.4, 0.5) is 10.7 Å². The normalized spacial score (nSPS) is 23.1. The van der Waals surface area contributed by atoms with E-state index in [9.17, 15) is 4.79 Å². The van der Waals surface area contributed by atoms with Gasteiger partial charge >= 0.3 is 6.03 Å². The summed E-state index contributed by atoms with van der Waals surface area (Å²) in [7, 11) is 0. The highest BCUT2D eigenvalue weighted by Gasteiger charge is 2.57. The molecular weight excluding hydrogens is 486 g/mol. The number of halogens is 2. The minimum absolute atomic E-state index is 0.0138. The van der Waals surface area contributed by atoms with Crippen LogP contribution >= 0.6 is 27.5 Å². The molecule has 4 aliphatic rings. The third kappa shape index (κ3) is 3.72. The molecule has 4 N–H and O–H groups in total.